The first-order valence-corrected chi connectivity index (χ1v) is 9.25. The number of nitrogens with two attached hydrogens (primary N) is 1. The summed E-state index contributed by atoms with van der Waals surface area (Å²) in [5, 5.41) is 7.08. The first-order chi connectivity index (χ1) is 10.4. The highest BCUT2D eigenvalue weighted by Crippen LogP contribution is 2.31. The van der Waals surface area contributed by atoms with E-state index in [4.69, 9.17) is 9.56 Å². The van der Waals surface area contributed by atoms with Crippen molar-refractivity contribution in [1.82, 2.24) is 4.90 Å². The van der Waals surface area contributed by atoms with E-state index in [2.05, 4.69) is 0 Å². The Labute approximate surface area is 132 Å². The van der Waals surface area contributed by atoms with Gasteiger partial charge in [0.05, 0.1) is 6.54 Å². The van der Waals surface area contributed by atoms with Crippen molar-refractivity contribution < 1.29 is 17.6 Å². The molecule has 1 aliphatic carbocycles. The monoisotopic (exact) mass is 340 g/mol. The molecule has 1 saturated carbocycles. The summed E-state index contributed by atoms with van der Waals surface area (Å²) in [6.07, 6.45) is 1.91. The molecule has 0 spiro atoms. The van der Waals surface area contributed by atoms with Gasteiger partial charge in [-0.1, -0.05) is 6.07 Å². The highest BCUT2D eigenvalue weighted by Gasteiger charge is 2.35. The van der Waals surface area contributed by atoms with E-state index in [0.717, 1.165) is 17.7 Å². The molecule has 1 amide bonds. The van der Waals surface area contributed by atoms with E-state index in [-0.39, 0.29) is 28.4 Å². The number of primary sulfonamides is 1. The lowest BCUT2D eigenvalue weighted by atomic mass is 10.3. The first-order valence-electron chi connectivity index (χ1n) is 6.83. The van der Waals surface area contributed by atoms with Gasteiger partial charge in [0.1, 0.15) is 10.7 Å². The lowest BCUT2D eigenvalue weighted by Crippen LogP contribution is -2.32. The Hall–Kier alpha value is -1.64. The Kier molecular flexibility index (Phi) is 3.84. The van der Waals surface area contributed by atoms with E-state index in [1.807, 2.05) is 17.5 Å². The van der Waals surface area contributed by atoms with Crippen molar-refractivity contribution in [2.75, 3.05) is 0 Å². The zero-order chi connectivity index (χ0) is 15.9. The quantitative estimate of drug-likeness (QED) is 0.902. The van der Waals surface area contributed by atoms with Gasteiger partial charge in [0.2, 0.25) is 10.0 Å². The van der Waals surface area contributed by atoms with E-state index in [0.29, 0.717) is 6.54 Å². The number of nitrogens with zero attached hydrogens (tertiary/aromatic N) is 1. The highest BCUT2D eigenvalue weighted by atomic mass is 32.2. The van der Waals surface area contributed by atoms with Crippen LogP contribution >= 0.6 is 11.3 Å². The summed E-state index contributed by atoms with van der Waals surface area (Å²) >= 11 is 1.58. The fourth-order valence-electron chi connectivity index (χ4n) is 2.32. The van der Waals surface area contributed by atoms with Crippen LogP contribution in [0.4, 0.5) is 0 Å². The lowest BCUT2D eigenvalue weighted by molar-refractivity contribution is 0.0698. The Morgan fingerprint density at radius 1 is 1.50 bits per heavy atom. The predicted molar refractivity (Wildman–Crippen MR) is 82.0 cm³/mol. The van der Waals surface area contributed by atoms with Crippen LogP contribution in [0, 0.1) is 6.92 Å². The van der Waals surface area contributed by atoms with Gasteiger partial charge >= 0.3 is 0 Å². The van der Waals surface area contributed by atoms with E-state index < -0.39 is 10.0 Å². The molecule has 0 bridgehead atoms. The summed E-state index contributed by atoms with van der Waals surface area (Å²) < 4.78 is 28.2. The van der Waals surface area contributed by atoms with Crippen LogP contribution in [-0.4, -0.2) is 25.3 Å². The van der Waals surface area contributed by atoms with Crippen molar-refractivity contribution in [3.05, 3.63) is 40.0 Å². The van der Waals surface area contributed by atoms with Crippen molar-refractivity contribution in [3.63, 3.8) is 0 Å². The molecule has 22 heavy (non-hydrogen) atoms. The van der Waals surface area contributed by atoms with Crippen LogP contribution in [0.3, 0.4) is 0 Å². The molecule has 0 radical (unpaired) electrons. The van der Waals surface area contributed by atoms with E-state index in [1.165, 1.54) is 13.0 Å². The van der Waals surface area contributed by atoms with Crippen LogP contribution in [0.2, 0.25) is 0 Å². The van der Waals surface area contributed by atoms with Gasteiger partial charge in [-0.05, 0) is 31.2 Å². The molecule has 0 unspecified atom stereocenters. The Balaban J connectivity index is 1.88. The molecule has 2 N–H and O–H groups in total. The normalized spacial score (nSPS) is 15.0. The molecule has 3 rings (SSSR count). The first kappa shape index (κ1) is 15.3. The molecule has 0 atom stereocenters. The topological polar surface area (TPSA) is 93.6 Å². The molecule has 2 heterocycles. The van der Waals surface area contributed by atoms with Gasteiger partial charge in [-0.3, -0.25) is 4.79 Å². The van der Waals surface area contributed by atoms with Crippen LogP contribution in [-0.2, 0) is 16.6 Å². The van der Waals surface area contributed by atoms with Crippen LogP contribution in [0.15, 0.2) is 32.9 Å². The number of thiophene rings is 1. The number of sulfonamides is 1. The maximum absolute atomic E-state index is 12.6. The lowest BCUT2D eigenvalue weighted by Gasteiger charge is -2.20. The minimum atomic E-state index is -3.89. The number of carbonyl (C=O) groups is 1. The maximum atomic E-state index is 12.6. The third-order valence-corrected chi connectivity index (χ3v) is 5.42. The molecule has 1 aliphatic rings. The molecule has 6 nitrogen and oxygen atoms in total. The van der Waals surface area contributed by atoms with Crippen molar-refractivity contribution in [2.24, 2.45) is 5.14 Å². The standard InChI is InChI=1S/C14H16N2O4S2/c1-9-13(22(15,18)19)7-12(20-9)14(17)16(10-4-5-10)8-11-3-2-6-21-11/h2-3,6-7,10H,4-5,8H2,1H3,(H2,15,18,19). The van der Waals surface area contributed by atoms with Crippen molar-refractivity contribution in [3.8, 4) is 0 Å². The smallest absolute Gasteiger partial charge is 0.290 e. The summed E-state index contributed by atoms with van der Waals surface area (Å²) in [6, 6.07) is 5.32. The summed E-state index contributed by atoms with van der Waals surface area (Å²) in [5.74, 6) is -0.142. The minimum Gasteiger partial charge on any atom is -0.455 e. The molecule has 8 heteroatoms. The van der Waals surface area contributed by atoms with Gasteiger partial charge in [0.25, 0.3) is 5.91 Å². The average Bonchev–Trinajstić information content (AvgIpc) is 2.98. The van der Waals surface area contributed by atoms with E-state index in [1.54, 1.807) is 16.2 Å². The van der Waals surface area contributed by atoms with Crippen molar-refractivity contribution in [1.29, 1.82) is 0 Å². The van der Waals surface area contributed by atoms with Crippen LogP contribution in [0.25, 0.3) is 0 Å². The molecule has 0 aliphatic heterocycles. The summed E-state index contributed by atoms with van der Waals surface area (Å²) in [6.45, 7) is 1.99. The number of hydrogen-bond acceptors (Lipinski definition) is 5. The second-order valence-corrected chi connectivity index (χ2v) is 7.88. The molecule has 0 saturated heterocycles. The van der Waals surface area contributed by atoms with Crippen molar-refractivity contribution in [2.45, 2.75) is 37.2 Å². The average molecular weight is 340 g/mol. The Bertz CT molecular complexity index is 789. The second kappa shape index (κ2) is 5.53. The van der Waals surface area contributed by atoms with E-state index in [9.17, 15) is 13.2 Å². The molecule has 2 aromatic heterocycles. The van der Waals surface area contributed by atoms with E-state index >= 15 is 0 Å². The number of amides is 1. The number of furan rings is 1. The third-order valence-electron chi connectivity index (χ3n) is 3.54. The minimum absolute atomic E-state index is 0.0185. The predicted octanol–water partition coefficient (Wildman–Crippen LogP) is 2.10. The van der Waals surface area contributed by atoms with Gasteiger partial charge in [0, 0.05) is 17.0 Å². The number of aryl methyl sites for hydroxylation is 1. The molecule has 2 aromatic rings. The van der Waals surface area contributed by atoms with Gasteiger partial charge in [-0.25, -0.2) is 13.6 Å². The molecular formula is C14H16N2O4S2. The van der Waals surface area contributed by atoms with Gasteiger partial charge in [0.15, 0.2) is 5.76 Å². The Morgan fingerprint density at radius 3 is 2.73 bits per heavy atom. The summed E-state index contributed by atoms with van der Waals surface area (Å²) in [5.41, 5.74) is 0. The van der Waals surface area contributed by atoms with Gasteiger partial charge in [-0.2, -0.15) is 0 Å². The zero-order valence-corrected chi connectivity index (χ0v) is 13.6. The molecule has 1 fully saturated rings. The number of carbonyl (C=O) groups excluding carboxylic acids is 1. The zero-order valence-electron chi connectivity index (χ0n) is 12.0. The van der Waals surface area contributed by atoms with Gasteiger partial charge < -0.3 is 9.32 Å². The SMILES string of the molecule is Cc1oc(C(=O)N(Cc2cccs2)C2CC2)cc1S(N)(=O)=O. The molecule has 0 aromatic carbocycles. The highest BCUT2D eigenvalue weighted by molar-refractivity contribution is 7.89. The molecule has 118 valence electrons. The third kappa shape index (κ3) is 3.08. The fraction of sp³-hybridized carbons (Fsp3) is 0.357. The van der Waals surface area contributed by atoms with Crippen LogP contribution in [0.1, 0.15) is 34.0 Å². The fourth-order valence-corrected chi connectivity index (χ4v) is 3.73. The van der Waals surface area contributed by atoms with Gasteiger partial charge in [-0.15, -0.1) is 11.3 Å². The summed E-state index contributed by atoms with van der Waals surface area (Å²) in [7, 11) is -3.89. The van der Waals surface area contributed by atoms with Crippen LogP contribution in [0.5, 0.6) is 0 Å². The van der Waals surface area contributed by atoms with Crippen LogP contribution < -0.4 is 5.14 Å². The number of rotatable bonds is 5. The second-order valence-electron chi connectivity index (χ2n) is 5.32. The largest absolute Gasteiger partial charge is 0.455 e. The summed E-state index contributed by atoms with van der Waals surface area (Å²) in [4.78, 5) is 15.3. The Morgan fingerprint density at radius 2 is 2.23 bits per heavy atom. The number of hydrogen-bond donors (Lipinski definition) is 1. The van der Waals surface area contributed by atoms with Crippen molar-refractivity contribution >= 4 is 27.3 Å². The maximum Gasteiger partial charge on any atom is 0.290 e. The molecular weight excluding hydrogens is 324 g/mol.